The lowest BCUT2D eigenvalue weighted by atomic mass is 10.2. The van der Waals surface area contributed by atoms with Gasteiger partial charge in [0.25, 0.3) is 5.92 Å². The average molecular weight is 262 g/mol. The van der Waals surface area contributed by atoms with Crippen LogP contribution in [0.3, 0.4) is 0 Å². The van der Waals surface area contributed by atoms with Crippen molar-refractivity contribution in [2.45, 2.75) is 44.7 Å². The van der Waals surface area contributed by atoms with E-state index in [2.05, 4.69) is 5.32 Å². The number of carbonyl (C=O) groups excluding carboxylic acids is 1. The van der Waals surface area contributed by atoms with Crippen LogP contribution in [0.1, 0.15) is 26.7 Å². The Hall–Kier alpha value is -0.910. The molecule has 104 valence electrons. The number of alkyl carbamates (subject to hydrolysis) is 1. The molecule has 1 saturated heterocycles. The number of nitrogens with one attached hydrogen (secondary N) is 1. The van der Waals surface area contributed by atoms with Crippen LogP contribution in [0.4, 0.5) is 13.6 Å². The standard InChI is InChI=1S/C12H20F2N2O2/c1-8(2)16-5-10(12(13,14)7-16)15-11(17)18-6-9-3-4-9/h8-10H,3-7H2,1-2H3,(H,15,17). The van der Waals surface area contributed by atoms with Gasteiger partial charge in [0, 0.05) is 12.6 Å². The van der Waals surface area contributed by atoms with Gasteiger partial charge in [-0.05, 0) is 32.6 Å². The molecule has 2 rings (SSSR count). The van der Waals surface area contributed by atoms with Crippen LogP contribution in [0, 0.1) is 5.92 Å². The molecule has 0 aromatic carbocycles. The summed E-state index contributed by atoms with van der Waals surface area (Å²) in [6.45, 7) is 3.94. The van der Waals surface area contributed by atoms with Crippen molar-refractivity contribution in [1.82, 2.24) is 10.2 Å². The first kappa shape index (κ1) is 13.5. The maximum atomic E-state index is 13.7. The smallest absolute Gasteiger partial charge is 0.407 e. The molecule has 1 atom stereocenters. The Bertz CT molecular complexity index is 319. The molecule has 0 spiro atoms. The van der Waals surface area contributed by atoms with Crippen molar-refractivity contribution in [1.29, 1.82) is 0 Å². The summed E-state index contributed by atoms with van der Waals surface area (Å²) in [5.41, 5.74) is 0. The molecule has 1 amide bonds. The summed E-state index contributed by atoms with van der Waals surface area (Å²) in [6.07, 6.45) is 1.40. The SMILES string of the molecule is CC(C)N1CC(NC(=O)OCC2CC2)C(F)(F)C1. The zero-order valence-corrected chi connectivity index (χ0v) is 10.8. The van der Waals surface area contributed by atoms with Crippen LogP contribution in [0.5, 0.6) is 0 Å². The molecule has 18 heavy (non-hydrogen) atoms. The Balaban J connectivity index is 1.81. The molecule has 1 heterocycles. The second-order valence-electron chi connectivity index (χ2n) is 5.52. The van der Waals surface area contributed by atoms with E-state index in [4.69, 9.17) is 4.74 Å². The van der Waals surface area contributed by atoms with E-state index in [1.807, 2.05) is 13.8 Å². The van der Waals surface area contributed by atoms with E-state index < -0.39 is 18.1 Å². The third kappa shape index (κ3) is 3.31. The predicted octanol–water partition coefficient (Wildman–Crippen LogP) is 1.85. The fourth-order valence-electron chi connectivity index (χ4n) is 2.02. The van der Waals surface area contributed by atoms with Gasteiger partial charge in [0.05, 0.1) is 13.2 Å². The molecule has 6 heteroatoms. The molecule has 0 radical (unpaired) electrons. The highest BCUT2D eigenvalue weighted by atomic mass is 19.3. The van der Waals surface area contributed by atoms with Crippen LogP contribution in [-0.4, -0.2) is 48.7 Å². The third-order valence-corrected chi connectivity index (χ3v) is 3.51. The molecule has 1 N–H and O–H groups in total. The Morgan fingerprint density at radius 2 is 2.17 bits per heavy atom. The number of ether oxygens (including phenoxy) is 1. The number of amides is 1. The highest BCUT2D eigenvalue weighted by molar-refractivity contribution is 5.67. The number of rotatable bonds is 4. The van der Waals surface area contributed by atoms with Gasteiger partial charge in [-0.3, -0.25) is 4.90 Å². The van der Waals surface area contributed by atoms with E-state index in [1.54, 1.807) is 4.90 Å². The number of hydrogen-bond donors (Lipinski definition) is 1. The quantitative estimate of drug-likeness (QED) is 0.840. The van der Waals surface area contributed by atoms with Crippen molar-refractivity contribution < 1.29 is 18.3 Å². The second kappa shape index (κ2) is 4.99. The number of hydrogen-bond acceptors (Lipinski definition) is 3. The number of halogens is 2. The van der Waals surface area contributed by atoms with E-state index in [0.29, 0.717) is 12.5 Å². The molecule has 1 aliphatic heterocycles. The zero-order chi connectivity index (χ0) is 13.3. The molecule has 4 nitrogen and oxygen atoms in total. The molecule has 0 aromatic heterocycles. The first-order valence-electron chi connectivity index (χ1n) is 6.43. The van der Waals surface area contributed by atoms with Gasteiger partial charge in [0.15, 0.2) is 0 Å². The molecule has 0 aromatic rings. The van der Waals surface area contributed by atoms with Gasteiger partial charge in [-0.15, -0.1) is 0 Å². The molecule has 1 saturated carbocycles. The lowest BCUT2D eigenvalue weighted by molar-refractivity contribution is -0.0127. The fraction of sp³-hybridized carbons (Fsp3) is 0.917. The first-order chi connectivity index (χ1) is 8.38. The van der Waals surface area contributed by atoms with Gasteiger partial charge < -0.3 is 10.1 Å². The largest absolute Gasteiger partial charge is 0.449 e. The van der Waals surface area contributed by atoms with E-state index in [9.17, 15) is 13.6 Å². The molecule has 0 bridgehead atoms. The zero-order valence-electron chi connectivity index (χ0n) is 10.8. The molecule has 2 fully saturated rings. The lowest BCUT2D eigenvalue weighted by Crippen LogP contribution is -2.47. The van der Waals surface area contributed by atoms with E-state index in [-0.39, 0.29) is 19.1 Å². The molecule has 1 unspecified atom stereocenters. The molecule has 1 aliphatic carbocycles. The van der Waals surface area contributed by atoms with Crippen molar-refractivity contribution >= 4 is 6.09 Å². The predicted molar refractivity (Wildman–Crippen MR) is 62.7 cm³/mol. The Labute approximate surface area is 106 Å². The van der Waals surface area contributed by atoms with Crippen LogP contribution in [-0.2, 0) is 4.74 Å². The lowest BCUT2D eigenvalue weighted by Gasteiger charge is -2.19. The summed E-state index contributed by atoms with van der Waals surface area (Å²) in [5.74, 6) is -2.45. The van der Waals surface area contributed by atoms with Crippen molar-refractivity contribution in [2.24, 2.45) is 5.92 Å². The van der Waals surface area contributed by atoms with Crippen LogP contribution >= 0.6 is 0 Å². The monoisotopic (exact) mass is 262 g/mol. The van der Waals surface area contributed by atoms with E-state index in [1.165, 1.54) is 0 Å². The van der Waals surface area contributed by atoms with Crippen molar-refractivity contribution in [3.8, 4) is 0 Å². The summed E-state index contributed by atoms with van der Waals surface area (Å²) in [7, 11) is 0. The Kier molecular flexibility index (Phi) is 3.75. The topological polar surface area (TPSA) is 41.6 Å². The molecular weight excluding hydrogens is 242 g/mol. The van der Waals surface area contributed by atoms with Gasteiger partial charge in [-0.2, -0.15) is 0 Å². The molecule has 2 aliphatic rings. The first-order valence-corrected chi connectivity index (χ1v) is 6.43. The van der Waals surface area contributed by atoms with E-state index >= 15 is 0 Å². The van der Waals surface area contributed by atoms with E-state index in [0.717, 1.165) is 12.8 Å². The minimum Gasteiger partial charge on any atom is -0.449 e. The molecular formula is C12H20F2N2O2. The van der Waals surface area contributed by atoms with Crippen molar-refractivity contribution in [3.63, 3.8) is 0 Å². The normalized spacial score (nSPS) is 27.5. The van der Waals surface area contributed by atoms with Gasteiger partial charge in [-0.1, -0.05) is 0 Å². The Morgan fingerprint density at radius 1 is 1.50 bits per heavy atom. The maximum absolute atomic E-state index is 13.7. The van der Waals surface area contributed by atoms with Gasteiger partial charge >= 0.3 is 6.09 Å². The maximum Gasteiger partial charge on any atom is 0.407 e. The van der Waals surface area contributed by atoms with Crippen LogP contribution < -0.4 is 5.32 Å². The van der Waals surface area contributed by atoms with Crippen molar-refractivity contribution in [2.75, 3.05) is 19.7 Å². The van der Waals surface area contributed by atoms with Gasteiger partial charge in [0.1, 0.15) is 6.04 Å². The summed E-state index contributed by atoms with van der Waals surface area (Å²) in [4.78, 5) is 13.1. The minimum atomic E-state index is -2.89. The van der Waals surface area contributed by atoms with Crippen LogP contribution in [0.2, 0.25) is 0 Å². The Morgan fingerprint density at radius 3 is 2.67 bits per heavy atom. The summed E-state index contributed by atoms with van der Waals surface area (Å²) in [6, 6.07) is -1.10. The average Bonchev–Trinajstić information content (AvgIpc) is 3.03. The highest BCUT2D eigenvalue weighted by Gasteiger charge is 2.49. The minimum absolute atomic E-state index is 0.0464. The highest BCUT2D eigenvalue weighted by Crippen LogP contribution is 2.30. The van der Waals surface area contributed by atoms with Crippen LogP contribution in [0.25, 0.3) is 0 Å². The summed E-state index contributed by atoms with van der Waals surface area (Å²) < 4.78 is 32.3. The summed E-state index contributed by atoms with van der Waals surface area (Å²) in [5, 5.41) is 2.28. The van der Waals surface area contributed by atoms with Crippen molar-refractivity contribution in [3.05, 3.63) is 0 Å². The number of carbonyl (C=O) groups is 1. The second-order valence-corrected chi connectivity index (χ2v) is 5.52. The summed E-state index contributed by atoms with van der Waals surface area (Å²) >= 11 is 0. The number of alkyl halides is 2. The van der Waals surface area contributed by atoms with Gasteiger partial charge in [0.2, 0.25) is 0 Å². The van der Waals surface area contributed by atoms with Gasteiger partial charge in [-0.25, -0.2) is 13.6 Å². The third-order valence-electron chi connectivity index (χ3n) is 3.51. The number of nitrogens with zero attached hydrogens (tertiary/aromatic N) is 1. The number of likely N-dealkylation sites (tertiary alicyclic amines) is 1. The van der Waals surface area contributed by atoms with Crippen LogP contribution in [0.15, 0.2) is 0 Å². The fourth-order valence-corrected chi connectivity index (χ4v) is 2.02.